The maximum atomic E-state index is 6.67. The highest BCUT2D eigenvalue weighted by Gasteiger charge is 2.70. The Morgan fingerprint density at radius 3 is 1.56 bits per heavy atom. The van der Waals surface area contributed by atoms with Crippen molar-refractivity contribution in [3.05, 3.63) is 215 Å². The second kappa shape index (κ2) is 9.60. The largest absolute Gasteiger partial charge is 0.456 e. The molecule has 0 radical (unpaired) electrons. The maximum absolute atomic E-state index is 6.67. The summed E-state index contributed by atoms with van der Waals surface area (Å²) in [5, 5.41) is 10.0. The number of nitrogens with zero attached hydrogens (tertiary/aromatic N) is 4. The van der Waals surface area contributed by atoms with Gasteiger partial charge in [-0.05, 0) is 75.8 Å². The molecule has 0 fully saturated rings. The summed E-state index contributed by atoms with van der Waals surface area (Å²) >= 11 is 0. The zero-order chi connectivity index (χ0) is 40.2. The van der Waals surface area contributed by atoms with E-state index in [1.165, 1.54) is 116 Å². The highest BCUT2D eigenvalue weighted by atomic mass is 16.3. The summed E-state index contributed by atoms with van der Waals surface area (Å²) in [5.41, 5.74) is 21.0. The molecular formula is C58H30N4O+2. The number of rotatable bonds is 0. The summed E-state index contributed by atoms with van der Waals surface area (Å²) in [7, 11) is 0. The molecular weight excluding hydrogens is 769 g/mol. The number of imidazole rings is 2. The van der Waals surface area contributed by atoms with E-state index in [0.29, 0.717) is 0 Å². The quantitative estimate of drug-likeness (QED) is 0.111. The van der Waals surface area contributed by atoms with Crippen LogP contribution in [0.4, 0.5) is 0 Å². The summed E-state index contributed by atoms with van der Waals surface area (Å²) in [6, 6.07) is 69.0. The Morgan fingerprint density at radius 1 is 0.365 bits per heavy atom. The maximum Gasteiger partial charge on any atom is 0.309 e. The van der Waals surface area contributed by atoms with Crippen LogP contribution in [-0.4, -0.2) is 8.80 Å². The molecule has 5 heteroatoms. The van der Waals surface area contributed by atoms with Crippen molar-refractivity contribution in [3.63, 3.8) is 0 Å². The van der Waals surface area contributed by atoms with Crippen LogP contribution in [0, 0.1) is 0 Å². The first kappa shape index (κ1) is 30.7. The van der Waals surface area contributed by atoms with Crippen LogP contribution in [0.15, 0.2) is 186 Å². The summed E-state index contributed by atoms with van der Waals surface area (Å²) in [6.07, 6.45) is 0. The standard InChI is InChI=1S/C58H30N4O/c1-5-17-39-31(13-1)32-14-2-6-18-40(32)57(39)41-27-25-35-33-15-3-7-19-43(33)59-44-20-8-10-22-46(44)61-55(59)51(35)53(41)58(61)54-42(57)28-26-36-37-29-38-34-16-4-12-24-49(34)63-50(38)30-48(37)60-45-21-9-11-23-47(45)62(58)56(60)52(36)54/h1-30H/q+2. The molecule has 0 amide bonds. The fraction of sp³-hybridized carbons (Fsp3) is 0.0345. The third kappa shape index (κ3) is 2.87. The van der Waals surface area contributed by atoms with E-state index in [1.807, 2.05) is 0 Å². The van der Waals surface area contributed by atoms with Crippen LogP contribution in [0.3, 0.4) is 0 Å². The number of hydrogen-bond donors (Lipinski definition) is 0. The molecule has 5 nitrogen and oxygen atoms in total. The molecule has 5 aromatic heterocycles. The van der Waals surface area contributed by atoms with E-state index in [4.69, 9.17) is 4.42 Å². The van der Waals surface area contributed by atoms with Gasteiger partial charge in [0.25, 0.3) is 0 Å². The van der Waals surface area contributed by atoms with Gasteiger partial charge in [-0.15, -0.1) is 0 Å². The minimum absolute atomic E-state index is 0.567. The number of fused-ring (bicyclic) bond motifs is 22. The van der Waals surface area contributed by atoms with E-state index in [9.17, 15) is 0 Å². The van der Waals surface area contributed by atoms with E-state index < -0.39 is 11.1 Å². The van der Waals surface area contributed by atoms with Gasteiger partial charge in [0, 0.05) is 38.4 Å². The van der Waals surface area contributed by atoms with Crippen LogP contribution in [0.5, 0.6) is 0 Å². The molecule has 18 rings (SSSR count). The average molecular weight is 799 g/mol. The molecule has 9 aromatic carbocycles. The summed E-state index contributed by atoms with van der Waals surface area (Å²) in [6.45, 7) is 0. The molecule has 2 aliphatic heterocycles. The predicted octanol–water partition coefficient (Wildman–Crippen LogP) is 12.2. The van der Waals surface area contributed by atoms with Gasteiger partial charge in [-0.2, -0.15) is 17.9 Å². The Kier molecular flexibility index (Phi) is 4.68. The van der Waals surface area contributed by atoms with E-state index in [2.05, 4.69) is 200 Å². The van der Waals surface area contributed by atoms with Gasteiger partial charge >= 0.3 is 17.0 Å². The molecule has 0 saturated heterocycles. The number of furan rings is 1. The highest BCUT2D eigenvalue weighted by molar-refractivity contribution is 6.22. The van der Waals surface area contributed by atoms with Gasteiger partial charge in [0.15, 0.2) is 22.1 Å². The number of hydrogen-bond acceptors (Lipinski definition) is 1. The lowest BCUT2D eigenvalue weighted by Crippen LogP contribution is -2.73. The Hall–Kier alpha value is -8.28. The molecule has 0 saturated carbocycles. The minimum Gasteiger partial charge on any atom is -0.456 e. The van der Waals surface area contributed by atoms with Gasteiger partial charge in [-0.25, -0.2) is 0 Å². The monoisotopic (exact) mass is 798 g/mol. The lowest BCUT2D eigenvalue weighted by Gasteiger charge is -2.43. The number of para-hydroxylation sites is 6. The topological polar surface area (TPSA) is 29.7 Å². The summed E-state index contributed by atoms with van der Waals surface area (Å²) in [4.78, 5) is 0. The lowest BCUT2D eigenvalue weighted by molar-refractivity contribution is -0.923. The zero-order valence-electron chi connectivity index (χ0n) is 33.5. The van der Waals surface area contributed by atoms with Crippen molar-refractivity contribution in [2.45, 2.75) is 11.1 Å². The Morgan fingerprint density at radius 2 is 0.889 bits per heavy atom. The molecule has 14 aromatic rings. The van der Waals surface area contributed by atoms with Crippen LogP contribution < -0.4 is 9.13 Å². The first-order chi connectivity index (χ1) is 31.3. The SMILES string of the molecule is c1ccc2c(c1)-c1ccccc1C21c2ccc3c4ccccc4n4c5ccccc5[n+]5c4c3c2C52c3c1ccc1c4cc5c(cc4n4c6ccccc6[n+]2c4c31)oc1ccccc15. The second-order valence-electron chi connectivity index (χ2n) is 18.3. The van der Waals surface area contributed by atoms with Gasteiger partial charge in [0.1, 0.15) is 22.2 Å². The lowest BCUT2D eigenvalue weighted by atomic mass is 9.58. The minimum atomic E-state index is -0.768. The van der Waals surface area contributed by atoms with E-state index in [0.717, 1.165) is 27.5 Å². The molecule has 286 valence electrons. The predicted molar refractivity (Wildman–Crippen MR) is 250 cm³/mol. The normalized spacial score (nSPS) is 17.1. The third-order valence-electron chi connectivity index (χ3n) is 16.0. The van der Waals surface area contributed by atoms with Gasteiger partial charge in [-0.1, -0.05) is 133 Å². The van der Waals surface area contributed by atoms with E-state index in [-0.39, 0.29) is 0 Å². The number of pyridine rings is 2. The molecule has 4 aliphatic rings. The van der Waals surface area contributed by atoms with Gasteiger partial charge in [0.05, 0.1) is 27.3 Å². The molecule has 1 atom stereocenters. The fourth-order valence-electron chi connectivity index (χ4n) is 14.1. The molecule has 0 bridgehead atoms. The summed E-state index contributed by atoms with van der Waals surface area (Å²) in [5.74, 6) is 0. The third-order valence-corrected chi connectivity index (χ3v) is 16.0. The molecule has 63 heavy (non-hydrogen) atoms. The zero-order valence-corrected chi connectivity index (χ0v) is 33.5. The first-order valence-electron chi connectivity index (χ1n) is 22.0. The second-order valence-corrected chi connectivity index (χ2v) is 18.3. The van der Waals surface area contributed by atoms with Crippen molar-refractivity contribution in [2.75, 3.05) is 0 Å². The van der Waals surface area contributed by atoms with Crippen molar-refractivity contribution in [3.8, 4) is 11.1 Å². The van der Waals surface area contributed by atoms with E-state index >= 15 is 0 Å². The Bertz CT molecular complexity index is 4590. The van der Waals surface area contributed by atoms with Crippen molar-refractivity contribution < 1.29 is 13.6 Å². The van der Waals surface area contributed by atoms with Crippen molar-refractivity contribution in [1.82, 2.24) is 8.80 Å². The van der Waals surface area contributed by atoms with Gasteiger partial charge < -0.3 is 4.42 Å². The van der Waals surface area contributed by atoms with Crippen molar-refractivity contribution >= 4 is 98.7 Å². The average Bonchev–Trinajstić information content (AvgIpc) is 4.17. The highest BCUT2D eigenvalue weighted by Crippen LogP contribution is 2.66. The molecule has 2 spiro atoms. The van der Waals surface area contributed by atoms with Crippen LogP contribution in [0.25, 0.3) is 110 Å². The molecule has 0 N–H and O–H groups in total. The smallest absolute Gasteiger partial charge is 0.309 e. The number of aromatic nitrogens is 4. The fourth-order valence-corrected chi connectivity index (χ4v) is 14.1. The van der Waals surface area contributed by atoms with Crippen LogP contribution in [0.2, 0.25) is 0 Å². The first-order valence-corrected chi connectivity index (χ1v) is 22.0. The van der Waals surface area contributed by atoms with E-state index in [1.54, 1.807) is 0 Å². The Labute approximate surface area is 357 Å². The number of benzene rings is 9. The van der Waals surface area contributed by atoms with Crippen LogP contribution in [0.1, 0.15) is 33.4 Å². The molecule has 7 heterocycles. The van der Waals surface area contributed by atoms with Crippen molar-refractivity contribution in [1.29, 1.82) is 0 Å². The van der Waals surface area contributed by atoms with Crippen LogP contribution in [-0.2, 0) is 11.1 Å². The van der Waals surface area contributed by atoms with Crippen molar-refractivity contribution in [2.24, 2.45) is 0 Å². The van der Waals surface area contributed by atoms with Gasteiger partial charge in [0.2, 0.25) is 0 Å². The summed E-state index contributed by atoms with van der Waals surface area (Å²) < 4.78 is 17.4. The van der Waals surface area contributed by atoms with Crippen LogP contribution >= 0.6 is 0 Å². The molecule has 1 unspecified atom stereocenters. The van der Waals surface area contributed by atoms with Gasteiger partial charge in [-0.3, -0.25) is 0 Å². The molecule has 2 aliphatic carbocycles. The Balaban J connectivity index is 1.19.